The van der Waals surface area contributed by atoms with Crippen molar-refractivity contribution in [1.82, 2.24) is 5.32 Å². The van der Waals surface area contributed by atoms with Crippen molar-refractivity contribution in [3.8, 4) is 0 Å². The summed E-state index contributed by atoms with van der Waals surface area (Å²) in [7, 11) is 0. The summed E-state index contributed by atoms with van der Waals surface area (Å²) in [5, 5.41) is 12.8. The SMILES string of the molecule is O=C(CNC(=O)c1ccc(Br)o1)OCC(=O)c1ccc([N+](=O)[O-])cc1. The first-order valence-corrected chi connectivity index (χ1v) is 7.63. The Labute approximate surface area is 149 Å². The molecule has 0 atom stereocenters. The van der Waals surface area contributed by atoms with E-state index in [2.05, 4.69) is 21.2 Å². The number of amides is 1. The second kappa shape index (κ2) is 8.20. The lowest BCUT2D eigenvalue weighted by molar-refractivity contribution is -0.384. The highest BCUT2D eigenvalue weighted by molar-refractivity contribution is 9.10. The number of rotatable bonds is 7. The summed E-state index contributed by atoms with van der Waals surface area (Å²) in [6.07, 6.45) is 0. The molecule has 1 aromatic heterocycles. The van der Waals surface area contributed by atoms with Crippen LogP contribution in [0.1, 0.15) is 20.9 Å². The van der Waals surface area contributed by atoms with Gasteiger partial charge in [0.15, 0.2) is 22.8 Å². The molecule has 130 valence electrons. The van der Waals surface area contributed by atoms with Gasteiger partial charge in [-0.1, -0.05) is 0 Å². The Morgan fingerprint density at radius 3 is 2.40 bits per heavy atom. The number of nitro benzene ring substituents is 1. The smallest absolute Gasteiger partial charge is 0.325 e. The zero-order valence-corrected chi connectivity index (χ0v) is 14.1. The van der Waals surface area contributed by atoms with Gasteiger partial charge in [0, 0.05) is 17.7 Å². The summed E-state index contributed by atoms with van der Waals surface area (Å²) >= 11 is 3.04. The zero-order chi connectivity index (χ0) is 18.4. The topological polar surface area (TPSA) is 129 Å². The minimum atomic E-state index is -0.811. The van der Waals surface area contributed by atoms with Crippen molar-refractivity contribution < 1.29 is 28.5 Å². The number of esters is 1. The van der Waals surface area contributed by atoms with Crippen molar-refractivity contribution in [2.75, 3.05) is 13.2 Å². The summed E-state index contributed by atoms with van der Waals surface area (Å²) in [6, 6.07) is 7.84. The first-order chi connectivity index (χ1) is 11.9. The van der Waals surface area contributed by atoms with Crippen LogP contribution in [0.4, 0.5) is 5.69 Å². The number of hydrogen-bond acceptors (Lipinski definition) is 7. The van der Waals surface area contributed by atoms with Gasteiger partial charge in [0.05, 0.1) is 4.92 Å². The van der Waals surface area contributed by atoms with E-state index in [0.717, 1.165) is 0 Å². The van der Waals surface area contributed by atoms with Crippen LogP contribution in [0.3, 0.4) is 0 Å². The highest BCUT2D eigenvalue weighted by atomic mass is 79.9. The Morgan fingerprint density at radius 1 is 1.16 bits per heavy atom. The van der Waals surface area contributed by atoms with Crippen LogP contribution in [-0.4, -0.2) is 35.7 Å². The van der Waals surface area contributed by atoms with Crippen molar-refractivity contribution in [2.24, 2.45) is 0 Å². The standard InChI is InChI=1S/C15H11BrN2O7/c16-13-6-5-12(25-13)15(21)17-7-14(20)24-8-11(19)9-1-3-10(4-2-9)18(22)23/h1-6H,7-8H2,(H,17,21). The molecule has 2 aromatic rings. The molecule has 0 saturated carbocycles. The van der Waals surface area contributed by atoms with E-state index in [0.29, 0.717) is 4.67 Å². The monoisotopic (exact) mass is 410 g/mol. The highest BCUT2D eigenvalue weighted by Gasteiger charge is 2.15. The number of ether oxygens (including phenoxy) is 1. The molecule has 0 unspecified atom stereocenters. The molecule has 0 bridgehead atoms. The Kier molecular flexibility index (Phi) is 6.01. The Balaban J connectivity index is 1.78. The minimum absolute atomic E-state index is 0.0154. The molecule has 25 heavy (non-hydrogen) atoms. The zero-order valence-electron chi connectivity index (χ0n) is 12.6. The van der Waals surface area contributed by atoms with Gasteiger partial charge >= 0.3 is 5.97 Å². The number of Topliss-reactive ketones (excluding diaryl/α,β-unsaturated/α-hetero) is 1. The summed E-state index contributed by atoms with van der Waals surface area (Å²) in [5.74, 6) is -1.93. The van der Waals surface area contributed by atoms with Gasteiger partial charge in [0.1, 0.15) is 6.54 Å². The molecule has 0 aliphatic rings. The van der Waals surface area contributed by atoms with E-state index in [1.807, 2.05) is 0 Å². The average Bonchev–Trinajstić information content (AvgIpc) is 3.04. The molecule has 10 heteroatoms. The first-order valence-electron chi connectivity index (χ1n) is 6.83. The molecule has 0 aliphatic heterocycles. The lowest BCUT2D eigenvalue weighted by atomic mass is 10.1. The number of hydrogen-bond donors (Lipinski definition) is 1. The second-order valence-electron chi connectivity index (χ2n) is 4.67. The maximum atomic E-state index is 11.8. The molecule has 1 N–H and O–H groups in total. The van der Waals surface area contributed by atoms with E-state index in [1.165, 1.54) is 36.4 Å². The number of ketones is 1. The lowest BCUT2D eigenvalue weighted by Crippen LogP contribution is -2.31. The molecule has 1 amide bonds. The summed E-state index contributed by atoms with van der Waals surface area (Å²) < 4.78 is 10.1. The fourth-order valence-corrected chi connectivity index (χ4v) is 2.03. The third-order valence-corrected chi connectivity index (χ3v) is 3.38. The van der Waals surface area contributed by atoms with Gasteiger partial charge < -0.3 is 14.5 Å². The number of halogens is 1. The van der Waals surface area contributed by atoms with Gasteiger partial charge in [0.2, 0.25) is 0 Å². The predicted octanol–water partition coefficient (Wildman–Crippen LogP) is 2.11. The Morgan fingerprint density at radius 2 is 1.84 bits per heavy atom. The van der Waals surface area contributed by atoms with Gasteiger partial charge in [-0.15, -0.1) is 0 Å². The van der Waals surface area contributed by atoms with Crippen LogP contribution >= 0.6 is 15.9 Å². The van der Waals surface area contributed by atoms with E-state index >= 15 is 0 Å². The third kappa shape index (κ3) is 5.24. The average molecular weight is 411 g/mol. The van der Waals surface area contributed by atoms with Gasteiger partial charge in [-0.3, -0.25) is 24.5 Å². The Hall–Kier alpha value is -3.01. The Bertz CT molecular complexity index is 814. The predicted molar refractivity (Wildman–Crippen MR) is 87.1 cm³/mol. The van der Waals surface area contributed by atoms with Crippen LogP contribution in [0.15, 0.2) is 45.5 Å². The fourth-order valence-electron chi connectivity index (χ4n) is 1.73. The van der Waals surface area contributed by atoms with E-state index in [9.17, 15) is 24.5 Å². The van der Waals surface area contributed by atoms with Gasteiger partial charge in [-0.2, -0.15) is 0 Å². The molecule has 0 aliphatic carbocycles. The molecule has 0 saturated heterocycles. The summed E-state index contributed by atoms with van der Waals surface area (Å²) in [5.41, 5.74) is 0.0173. The number of nitro groups is 1. The molecule has 2 rings (SSSR count). The number of nitrogens with one attached hydrogen (secondary N) is 1. The number of benzene rings is 1. The van der Waals surface area contributed by atoms with Crippen LogP contribution < -0.4 is 5.32 Å². The van der Waals surface area contributed by atoms with Crippen molar-refractivity contribution in [2.45, 2.75) is 0 Å². The fraction of sp³-hybridized carbons (Fsp3) is 0.133. The largest absolute Gasteiger partial charge is 0.456 e. The van der Waals surface area contributed by atoms with Crippen LogP contribution in [0.5, 0.6) is 0 Å². The van der Waals surface area contributed by atoms with Crippen molar-refractivity contribution in [3.63, 3.8) is 0 Å². The first kappa shape index (κ1) is 18.3. The molecular formula is C15H11BrN2O7. The van der Waals surface area contributed by atoms with Crippen LogP contribution in [0.2, 0.25) is 0 Å². The quantitative estimate of drug-likeness (QED) is 0.320. The van der Waals surface area contributed by atoms with E-state index < -0.39 is 35.7 Å². The summed E-state index contributed by atoms with van der Waals surface area (Å²) in [6.45, 7) is -0.983. The molecule has 0 fully saturated rings. The third-order valence-electron chi connectivity index (χ3n) is 2.95. The number of non-ortho nitro benzene ring substituents is 1. The van der Waals surface area contributed by atoms with Gasteiger partial charge in [-0.05, 0) is 40.2 Å². The van der Waals surface area contributed by atoms with Crippen LogP contribution in [-0.2, 0) is 9.53 Å². The molecule has 0 spiro atoms. The summed E-state index contributed by atoms with van der Waals surface area (Å²) in [4.78, 5) is 45.0. The van der Waals surface area contributed by atoms with Crippen molar-refractivity contribution in [1.29, 1.82) is 0 Å². The minimum Gasteiger partial charge on any atom is -0.456 e. The van der Waals surface area contributed by atoms with Gasteiger partial charge in [0.25, 0.3) is 11.6 Å². The maximum absolute atomic E-state index is 11.8. The molecule has 1 aromatic carbocycles. The van der Waals surface area contributed by atoms with E-state index in [-0.39, 0.29) is 17.0 Å². The van der Waals surface area contributed by atoms with Crippen LogP contribution in [0.25, 0.3) is 0 Å². The molecule has 9 nitrogen and oxygen atoms in total. The normalized spacial score (nSPS) is 10.1. The highest BCUT2D eigenvalue weighted by Crippen LogP contribution is 2.14. The molecular weight excluding hydrogens is 400 g/mol. The van der Waals surface area contributed by atoms with E-state index in [4.69, 9.17) is 9.15 Å². The number of carbonyl (C=O) groups excluding carboxylic acids is 3. The van der Waals surface area contributed by atoms with Crippen LogP contribution in [0, 0.1) is 10.1 Å². The molecule has 1 heterocycles. The van der Waals surface area contributed by atoms with E-state index in [1.54, 1.807) is 0 Å². The number of furan rings is 1. The number of nitrogens with zero attached hydrogens (tertiary/aromatic N) is 1. The van der Waals surface area contributed by atoms with Gasteiger partial charge in [-0.25, -0.2) is 0 Å². The maximum Gasteiger partial charge on any atom is 0.325 e. The van der Waals surface area contributed by atoms with Crippen molar-refractivity contribution in [3.05, 3.63) is 62.5 Å². The second-order valence-corrected chi connectivity index (χ2v) is 5.46. The molecule has 0 radical (unpaired) electrons. The lowest BCUT2D eigenvalue weighted by Gasteiger charge is -2.05. The number of carbonyl (C=O) groups is 3. The van der Waals surface area contributed by atoms with Crippen molar-refractivity contribution >= 4 is 39.3 Å².